The normalized spacial score (nSPS) is 11.3. The van der Waals surface area contributed by atoms with E-state index < -0.39 is 30.2 Å². The number of alkyl halides is 3. The Morgan fingerprint density at radius 2 is 1.86 bits per heavy atom. The van der Waals surface area contributed by atoms with Crippen LogP contribution in [0.4, 0.5) is 18.9 Å². The van der Waals surface area contributed by atoms with Crippen LogP contribution < -0.4 is 5.32 Å². The van der Waals surface area contributed by atoms with Gasteiger partial charge in [-0.05, 0) is 37.3 Å². The van der Waals surface area contributed by atoms with E-state index in [-0.39, 0.29) is 16.3 Å². The van der Waals surface area contributed by atoms with Crippen molar-refractivity contribution >= 4 is 40.1 Å². The first-order chi connectivity index (χ1) is 13.6. The maximum absolute atomic E-state index is 12.8. The highest BCUT2D eigenvalue weighted by Gasteiger charge is 2.31. The van der Waals surface area contributed by atoms with Gasteiger partial charge in [-0.2, -0.15) is 13.2 Å². The Morgan fingerprint density at radius 3 is 2.59 bits per heavy atom. The molecular weight excluding hydrogens is 409 g/mol. The lowest BCUT2D eigenvalue weighted by atomic mass is 10.1. The summed E-state index contributed by atoms with van der Waals surface area (Å²) in [4.78, 5) is 28.8. The molecule has 0 aliphatic carbocycles. The van der Waals surface area contributed by atoms with Gasteiger partial charge in [0, 0.05) is 11.1 Å². The van der Waals surface area contributed by atoms with Crippen molar-refractivity contribution in [2.24, 2.45) is 0 Å². The van der Waals surface area contributed by atoms with E-state index in [2.05, 4.69) is 10.3 Å². The van der Waals surface area contributed by atoms with Crippen LogP contribution in [0.1, 0.15) is 21.6 Å². The van der Waals surface area contributed by atoms with Crippen molar-refractivity contribution in [2.75, 3.05) is 11.9 Å². The van der Waals surface area contributed by atoms with Crippen LogP contribution in [0.3, 0.4) is 0 Å². The van der Waals surface area contributed by atoms with Gasteiger partial charge in [-0.3, -0.25) is 9.78 Å². The largest absolute Gasteiger partial charge is 0.452 e. The number of nitrogens with zero attached hydrogens (tertiary/aromatic N) is 1. The number of halogens is 4. The number of nitrogens with one attached hydrogen (secondary N) is 1. The molecule has 3 rings (SSSR count). The number of ether oxygens (including phenoxy) is 1. The number of benzene rings is 2. The third kappa shape index (κ3) is 4.83. The topological polar surface area (TPSA) is 68.3 Å². The van der Waals surface area contributed by atoms with Gasteiger partial charge in [0.2, 0.25) is 0 Å². The van der Waals surface area contributed by atoms with Crippen molar-refractivity contribution in [1.82, 2.24) is 4.98 Å². The summed E-state index contributed by atoms with van der Waals surface area (Å²) in [6, 6.07) is 11.0. The summed E-state index contributed by atoms with van der Waals surface area (Å²) in [5, 5.41) is 2.70. The van der Waals surface area contributed by atoms with Crippen LogP contribution in [0, 0.1) is 6.92 Å². The molecule has 1 aromatic heterocycles. The Kier molecular flexibility index (Phi) is 5.74. The maximum Gasteiger partial charge on any atom is 0.416 e. The molecule has 0 aliphatic rings. The van der Waals surface area contributed by atoms with Crippen molar-refractivity contribution in [3.63, 3.8) is 0 Å². The van der Waals surface area contributed by atoms with E-state index in [0.29, 0.717) is 22.7 Å². The number of pyridine rings is 1. The zero-order valence-electron chi connectivity index (χ0n) is 15.0. The van der Waals surface area contributed by atoms with Crippen molar-refractivity contribution in [1.29, 1.82) is 0 Å². The molecule has 2 aromatic carbocycles. The molecule has 29 heavy (non-hydrogen) atoms. The van der Waals surface area contributed by atoms with Gasteiger partial charge in [0.05, 0.1) is 27.4 Å². The highest BCUT2D eigenvalue weighted by molar-refractivity contribution is 6.33. The molecule has 3 aromatic rings. The van der Waals surface area contributed by atoms with Crippen LogP contribution in [0.25, 0.3) is 10.9 Å². The number of anilines is 1. The summed E-state index contributed by atoms with van der Waals surface area (Å²) < 4.78 is 43.4. The van der Waals surface area contributed by atoms with E-state index in [1.807, 2.05) is 0 Å². The molecule has 1 N–H and O–H groups in total. The van der Waals surface area contributed by atoms with Gasteiger partial charge in [0.25, 0.3) is 5.91 Å². The zero-order valence-corrected chi connectivity index (χ0v) is 15.8. The fourth-order valence-corrected chi connectivity index (χ4v) is 2.83. The second-order valence-corrected chi connectivity index (χ2v) is 6.55. The minimum atomic E-state index is -4.59. The van der Waals surface area contributed by atoms with Crippen LogP contribution >= 0.6 is 11.6 Å². The number of amides is 1. The summed E-state index contributed by atoms with van der Waals surface area (Å²) in [7, 11) is 0. The molecule has 0 radical (unpaired) electrons. The number of fused-ring (bicyclic) bond motifs is 1. The predicted octanol–water partition coefficient (Wildman–Crippen LogP) is 5.01. The van der Waals surface area contributed by atoms with Gasteiger partial charge >= 0.3 is 12.1 Å². The lowest BCUT2D eigenvalue weighted by Gasteiger charge is -2.12. The Bertz CT molecular complexity index is 1100. The van der Waals surface area contributed by atoms with E-state index >= 15 is 0 Å². The molecule has 0 atom stereocenters. The first-order valence-corrected chi connectivity index (χ1v) is 8.73. The van der Waals surface area contributed by atoms with Crippen molar-refractivity contribution in [3.05, 3.63) is 70.4 Å². The molecule has 0 bridgehead atoms. The smallest absolute Gasteiger partial charge is 0.416 e. The summed E-state index contributed by atoms with van der Waals surface area (Å²) >= 11 is 5.83. The molecule has 0 unspecified atom stereocenters. The van der Waals surface area contributed by atoms with Crippen LogP contribution in [0.5, 0.6) is 0 Å². The minimum absolute atomic E-state index is 0.0755. The molecule has 0 aliphatic heterocycles. The van der Waals surface area contributed by atoms with Gasteiger partial charge in [0.1, 0.15) is 0 Å². The fourth-order valence-electron chi connectivity index (χ4n) is 2.67. The van der Waals surface area contributed by atoms with E-state index in [4.69, 9.17) is 16.3 Å². The molecule has 9 heteroatoms. The van der Waals surface area contributed by atoms with E-state index in [1.54, 1.807) is 31.2 Å². The fraction of sp³-hybridized carbons (Fsp3) is 0.150. The van der Waals surface area contributed by atoms with Crippen LogP contribution in [0.15, 0.2) is 48.5 Å². The number of carbonyl (C=O) groups excluding carboxylic acids is 2. The van der Waals surface area contributed by atoms with E-state index in [9.17, 15) is 22.8 Å². The van der Waals surface area contributed by atoms with E-state index in [0.717, 1.165) is 12.1 Å². The predicted molar refractivity (Wildman–Crippen MR) is 102 cm³/mol. The number of carbonyl (C=O) groups is 2. The highest BCUT2D eigenvalue weighted by atomic mass is 35.5. The molecule has 0 saturated heterocycles. The Morgan fingerprint density at radius 1 is 1.14 bits per heavy atom. The zero-order chi connectivity index (χ0) is 21.2. The summed E-state index contributed by atoms with van der Waals surface area (Å²) in [6.07, 6.45) is -4.59. The Hall–Kier alpha value is -3.13. The van der Waals surface area contributed by atoms with Gasteiger partial charge in [-0.1, -0.05) is 29.8 Å². The number of esters is 1. The van der Waals surface area contributed by atoms with Gasteiger partial charge in [-0.25, -0.2) is 4.79 Å². The van der Waals surface area contributed by atoms with Gasteiger partial charge in [-0.15, -0.1) is 0 Å². The SMILES string of the molecule is Cc1cc(C(=O)OCC(=O)Nc2cc(C(F)(F)F)ccc2Cl)c2ccccc2n1. The second-order valence-electron chi connectivity index (χ2n) is 6.15. The summed E-state index contributed by atoms with van der Waals surface area (Å²) in [5.41, 5.74) is 0.231. The second kappa shape index (κ2) is 8.08. The molecule has 0 spiro atoms. The van der Waals surface area contributed by atoms with Crippen molar-refractivity contribution in [2.45, 2.75) is 13.1 Å². The van der Waals surface area contributed by atoms with E-state index in [1.165, 1.54) is 6.07 Å². The molecule has 150 valence electrons. The quantitative estimate of drug-likeness (QED) is 0.600. The number of para-hydroxylation sites is 1. The molecule has 1 amide bonds. The standard InChI is InChI=1S/C20H14ClF3N2O3/c1-11-8-14(13-4-2-3-5-16(13)25-11)19(28)29-10-18(27)26-17-9-12(20(22,23)24)6-7-15(17)21/h2-9H,10H2,1H3,(H,26,27). The summed E-state index contributed by atoms with van der Waals surface area (Å²) in [5.74, 6) is -1.58. The number of rotatable bonds is 4. The Balaban J connectivity index is 1.71. The molecule has 1 heterocycles. The highest BCUT2D eigenvalue weighted by Crippen LogP contribution is 2.33. The van der Waals surface area contributed by atoms with Gasteiger partial charge < -0.3 is 10.1 Å². The summed E-state index contributed by atoms with van der Waals surface area (Å²) in [6.45, 7) is 1.02. The first-order valence-electron chi connectivity index (χ1n) is 8.35. The Labute approximate surface area is 168 Å². The first kappa shape index (κ1) is 20.6. The average molecular weight is 423 g/mol. The number of aryl methyl sites for hydroxylation is 1. The van der Waals surface area contributed by atoms with Crippen LogP contribution in [-0.2, 0) is 15.7 Å². The minimum Gasteiger partial charge on any atom is -0.452 e. The molecule has 0 fully saturated rings. The third-order valence-electron chi connectivity index (χ3n) is 3.97. The van der Waals surface area contributed by atoms with Crippen molar-refractivity contribution < 1.29 is 27.5 Å². The number of aromatic nitrogens is 1. The lowest BCUT2D eigenvalue weighted by molar-refractivity contribution is -0.137. The van der Waals surface area contributed by atoms with Crippen LogP contribution in [0.2, 0.25) is 5.02 Å². The third-order valence-corrected chi connectivity index (χ3v) is 4.30. The maximum atomic E-state index is 12.8. The van der Waals surface area contributed by atoms with Crippen LogP contribution in [-0.4, -0.2) is 23.5 Å². The number of hydrogen-bond donors (Lipinski definition) is 1. The molecular formula is C20H14ClF3N2O3. The molecule has 0 saturated carbocycles. The lowest BCUT2D eigenvalue weighted by Crippen LogP contribution is -2.21. The number of hydrogen-bond acceptors (Lipinski definition) is 4. The molecule has 5 nitrogen and oxygen atoms in total. The van der Waals surface area contributed by atoms with Gasteiger partial charge in [0.15, 0.2) is 6.61 Å². The monoisotopic (exact) mass is 422 g/mol. The van der Waals surface area contributed by atoms with Crippen molar-refractivity contribution in [3.8, 4) is 0 Å². The average Bonchev–Trinajstić information content (AvgIpc) is 2.66.